The van der Waals surface area contributed by atoms with Gasteiger partial charge >= 0.3 is 6.09 Å². The van der Waals surface area contributed by atoms with E-state index in [0.29, 0.717) is 0 Å². The van der Waals surface area contributed by atoms with Crippen LogP contribution in [0.3, 0.4) is 0 Å². The molecule has 0 fully saturated rings. The van der Waals surface area contributed by atoms with Gasteiger partial charge in [-0.1, -0.05) is 30.3 Å². The Balaban J connectivity index is 1.80. The number of hydrogen-bond donors (Lipinski definition) is 1. The second-order valence-corrected chi connectivity index (χ2v) is 3.70. The molecule has 0 unspecified atom stereocenters. The largest absolute Gasteiger partial charge is 0.444 e. The number of carbonyl (C=O) groups excluding carboxylic acids is 1. The van der Waals surface area contributed by atoms with Crippen molar-refractivity contribution < 1.29 is 13.9 Å². The van der Waals surface area contributed by atoms with Crippen molar-refractivity contribution in [1.29, 1.82) is 0 Å². The third kappa shape index (κ3) is 4.06. The molecule has 0 atom stereocenters. The lowest BCUT2D eigenvalue weighted by Crippen LogP contribution is -2.14. The van der Waals surface area contributed by atoms with E-state index in [4.69, 9.17) is 4.74 Å². The van der Waals surface area contributed by atoms with E-state index in [1.165, 1.54) is 6.20 Å². The van der Waals surface area contributed by atoms with Crippen LogP contribution in [0, 0.1) is 0 Å². The molecule has 0 aliphatic carbocycles. The van der Waals surface area contributed by atoms with E-state index in [2.05, 4.69) is 15.5 Å². The fourth-order valence-corrected chi connectivity index (χ4v) is 1.40. The van der Waals surface area contributed by atoms with Crippen LogP contribution in [0.4, 0.5) is 15.0 Å². The van der Waals surface area contributed by atoms with E-state index >= 15 is 0 Å². The van der Waals surface area contributed by atoms with E-state index in [-0.39, 0.29) is 19.0 Å². The first-order chi connectivity index (χ1) is 9.28. The molecule has 2 aromatic rings. The summed E-state index contributed by atoms with van der Waals surface area (Å²) in [6, 6.07) is 9.31. The van der Waals surface area contributed by atoms with Crippen LogP contribution in [0.15, 0.2) is 36.5 Å². The van der Waals surface area contributed by atoms with Crippen molar-refractivity contribution in [3.8, 4) is 0 Å². The topological polar surface area (TPSA) is 69.0 Å². The van der Waals surface area contributed by atoms with Crippen molar-refractivity contribution in [1.82, 2.24) is 15.0 Å². The first kappa shape index (κ1) is 13.0. The van der Waals surface area contributed by atoms with Gasteiger partial charge in [-0.3, -0.25) is 5.32 Å². The van der Waals surface area contributed by atoms with Crippen LogP contribution in [0.1, 0.15) is 5.56 Å². The zero-order valence-corrected chi connectivity index (χ0v) is 10.1. The van der Waals surface area contributed by atoms with Gasteiger partial charge < -0.3 is 4.74 Å². The lowest BCUT2D eigenvalue weighted by molar-refractivity contribution is 0.155. The average Bonchev–Trinajstić information content (AvgIpc) is 2.85. The summed E-state index contributed by atoms with van der Waals surface area (Å²) in [5, 5.41) is 10.0. The Hall–Kier alpha value is -2.44. The molecular formula is C12H13FN4O2. The van der Waals surface area contributed by atoms with Gasteiger partial charge in [-0.2, -0.15) is 9.90 Å². The number of rotatable bonds is 5. The number of ether oxygens (including phenoxy) is 1. The van der Waals surface area contributed by atoms with E-state index in [1.54, 1.807) is 0 Å². The van der Waals surface area contributed by atoms with Crippen LogP contribution in [0.5, 0.6) is 0 Å². The molecule has 100 valence electrons. The molecule has 1 heterocycles. The lowest BCUT2D eigenvalue weighted by atomic mass is 10.2. The summed E-state index contributed by atoms with van der Waals surface area (Å²) in [5.41, 5.74) is 0.888. The minimum absolute atomic E-state index is 0.0563. The summed E-state index contributed by atoms with van der Waals surface area (Å²) in [6.45, 7) is -0.335. The normalized spacial score (nSPS) is 10.2. The van der Waals surface area contributed by atoms with Crippen molar-refractivity contribution >= 4 is 11.9 Å². The van der Waals surface area contributed by atoms with Gasteiger partial charge in [0.1, 0.15) is 13.3 Å². The number of aromatic nitrogens is 3. The van der Waals surface area contributed by atoms with Gasteiger partial charge in [0.25, 0.3) is 0 Å². The molecule has 1 aromatic carbocycles. The molecule has 2 rings (SSSR count). The minimum Gasteiger partial charge on any atom is -0.444 e. The van der Waals surface area contributed by atoms with Gasteiger partial charge in [0.2, 0.25) is 0 Å². The number of anilines is 1. The van der Waals surface area contributed by atoms with Gasteiger partial charge in [0.05, 0.1) is 12.7 Å². The highest BCUT2D eigenvalue weighted by Crippen LogP contribution is 2.03. The molecule has 1 amide bonds. The van der Waals surface area contributed by atoms with Gasteiger partial charge in [-0.15, -0.1) is 5.10 Å². The SMILES string of the molecule is O=C(Nc1cnn(CCF)n1)OCc1ccccc1. The van der Waals surface area contributed by atoms with Crippen molar-refractivity contribution in [2.24, 2.45) is 0 Å². The van der Waals surface area contributed by atoms with E-state index in [0.717, 1.165) is 10.4 Å². The van der Waals surface area contributed by atoms with Crippen molar-refractivity contribution in [2.75, 3.05) is 12.0 Å². The Morgan fingerprint density at radius 3 is 2.89 bits per heavy atom. The number of aryl methyl sites for hydroxylation is 1. The summed E-state index contributed by atoms with van der Waals surface area (Å²) in [7, 11) is 0. The standard InChI is InChI=1S/C12H13FN4O2/c13-6-7-17-14-8-11(16-17)15-12(18)19-9-10-4-2-1-3-5-10/h1-5,8H,6-7,9H2,(H,15,16,18). The van der Waals surface area contributed by atoms with Crippen molar-refractivity contribution in [3.05, 3.63) is 42.1 Å². The lowest BCUT2D eigenvalue weighted by Gasteiger charge is -2.04. The molecule has 0 aliphatic rings. The van der Waals surface area contributed by atoms with Crippen molar-refractivity contribution in [2.45, 2.75) is 13.2 Å². The molecule has 7 heteroatoms. The summed E-state index contributed by atoms with van der Waals surface area (Å²) in [6.07, 6.45) is 0.704. The molecule has 6 nitrogen and oxygen atoms in total. The number of nitrogens with zero attached hydrogens (tertiary/aromatic N) is 3. The predicted molar refractivity (Wildman–Crippen MR) is 66.2 cm³/mol. The third-order valence-corrected chi connectivity index (χ3v) is 2.26. The molecule has 1 aromatic heterocycles. The third-order valence-electron chi connectivity index (χ3n) is 2.26. The molecule has 0 spiro atoms. The number of amides is 1. The zero-order chi connectivity index (χ0) is 13.5. The second-order valence-electron chi connectivity index (χ2n) is 3.70. The van der Waals surface area contributed by atoms with Gasteiger partial charge in [-0.25, -0.2) is 9.18 Å². The maximum atomic E-state index is 12.0. The molecular weight excluding hydrogens is 251 g/mol. The smallest absolute Gasteiger partial charge is 0.413 e. The quantitative estimate of drug-likeness (QED) is 0.896. The van der Waals surface area contributed by atoms with Crippen LogP contribution in [0.2, 0.25) is 0 Å². The maximum absolute atomic E-state index is 12.0. The highest BCUT2D eigenvalue weighted by atomic mass is 19.1. The average molecular weight is 264 g/mol. The molecule has 0 saturated heterocycles. The van der Waals surface area contributed by atoms with Gasteiger partial charge in [0, 0.05) is 0 Å². The summed E-state index contributed by atoms with van der Waals surface area (Å²) < 4.78 is 17.0. The molecule has 19 heavy (non-hydrogen) atoms. The fourth-order valence-electron chi connectivity index (χ4n) is 1.40. The summed E-state index contributed by atoms with van der Waals surface area (Å²) in [5.74, 6) is 0.228. The first-order valence-electron chi connectivity index (χ1n) is 5.72. The van der Waals surface area contributed by atoms with E-state index in [1.807, 2.05) is 30.3 Å². The number of nitrogens with one attached hydrogen (secondary N) is 1. The van der Waals surface area contributed by atoms with Crippen molar-refractivity contribution in [3.63, 3.8) is 0 Å². The molecule has 1 N–H and O–H groups in total. The molecule has 0 saturated carbocycles. The number of benzene rings is 1. The Morgan fingerprint density at radius 1 is 1.37 bits per heavy atom. The van der Waals surface area contributed by atoms with E-state index in [9.17, 15) is 9.18 Å². The Kier molecular flexibility index (Phi) is 4.44. The number of halogens is 1. The van der Waals surface area contributed by atoms with Crippen LogP contribution < -0.4 is 5.32 Å². The maximum Gasteiger partial charge on any atom is 0.413 e. The Bertz CT molecular complexity index is 530. The molecule has 0 bridgehead atoms. The van der Waals surface area contributed by atoms with Crippen LogP contribution in [-0.4, -0.2) is 27.8 Å². The van der Waals surface area contributed by atoms with Gasteiger partial charge in [-0.05, 0) is 5.56 Å². The van der Waals surface area contributed by atoms with E-state index < -0.39 is 12.8 Å². The Labute approximate surface area is 109 Å². The number of hydrogen-bond acceptors (Lipinski definition) is 4. The minimum atomic E-state index is -0.629. The molecule has 0 aliphatic heterocycles. The van der Waals surface area contributed by atoms with Gasteiger partial charge in [0.15, 0.2) is 5.82 Å². The summed E-state index contributed by atoms with van der Waals surface area (Å²) in [4.78, 5) is 12.6. The molecule has 0 radical (unpaired) electrons. The first-order valence-corrected chi connectivity index (χ1v) is 5.72. The zero-order valence-electron chi connectivity index (χ0n) is 10.1. The van der Waals surface area contributed by atoms with Crippen LogP contribution in [0.25, 0.3) is 0 Å². The second kappa shape index (κ2) is 6.48. The highest BCUT2D eigenvalue weighted by Gasteiger charge is 2.07. The fraction of sp³-hybridized carbons (Fsp3) is 0.250. The van der Waals surface area contributed by atoms with Crippen LogP contribution in [-0.2, 0) is 17.9 Å². The van der Waals surface area contributed by atoms with Crippen LogP contribution >= 0.6 is 0 Å². The highest BCUT2D eigenvalue weighted by molar-refractivity contribution is 5.82. The summed E-state index contributed by atoms with van der Waals surface area (Å²) >= 11 is 0. The number of carbonyl (C=O) groups is 1. The number of alkyl halides is 1. The Morgan fingerprint density at radius 2 is 2.16 bits per heavy atom. The predicted octanol–water partition coefficient (Wildman–Crippen LogP) is 2.00. The monoisotopic (exact) mass is 264 g/mol.